The lowest BCUT2D eigenvalue weighted by Crippen LogP contribution is -2.51. The molecule has 12 nitrogen and oxygen atoms in total. The first-order chi connectivity index (χ1) is 16.5. The number of carbonyl (C=O) groups is 1. The van der Waals surface area contributed by atoms with Crippen LogP contribution in [-0.4, -0.2) is 56.4 Å². The van der Waals surface area contributed by atoms with Crippen LogP contribution in [0, 0.1) is 6.92 Å². The summed E-state index contributed by atoms with van der Waals surface area (Å²) in [7, 11) is 3.37. The molecule has 4 aromatic rings. The predicted octanol–water partition coefficient (Wildman–Crippen LogP) is 1.87. The van der Waals surface area contributed by atoms with Crippen molar-refractivity contribution < 1.29 is 13.9 Å². The number of aromatic nitrogens is 5. The van der Waals surface area contributed by atoms with Crippen LogP contribution in [0.15, 0.2) is 46.1 Å². The van der Waals surface area contributed by atoms with Gasteiger partial charge in [0.05, 0.1) is 24.0 Å². The zero-order valence-electron chi connectivity index (χ0n) is 18.9. The Balaban J connectivity index is 1.48. The fourth-order valence-corrected chi connectivity index (χ4v) is 3.86. The molecule has 0 aliphatic heterocycles. The number of amides is 1. The molecule has 0 unspecified atom stereocenters. The standard InChI is InChI=1S/C22H24N8O4/c1-12-11-34-22(25-12)29-8-4-5-15(21(29)32)26-17-9-18(23-2)30-19(28-17)13(10-24-30)20(31)27-14-6-7-16(14)33-3/h4-5,8-11,14,16,23H,6-7H2,1-3H3,(H,26,28)(H,27,31)/t14-,16-/m0/s1. The third-order valence-electron chi connectivity index (χ3n) is 5.83. The molecule has 1 aliphatic carbocycles. The van der Waals surface area contributed by atoms with E-state index in [0.717, 1.165) is 12.8 Å². The van der Waals surface area contributed by atoms with Crippen LogP contribution < -0.4 is 21.5 Å². The molecule has 3 N–H and O–H groups in total. The molecule has 1 fully saturated rings. The third kappa shape index (κ3) is 3.77. The summed E-state index contributed by atoms with van der Waals surface area (Å²) in [4.78, 5) is 34.7. The van der Waals surface area contributed by atoms with Gasteiger partial charge < -0.3 is 25.1 Å². The molecule has 1 saturated carbocycles. The molecule has 0 spiro atoms. The molecular formula is C22H24N8O4. The average Bonchev–Trinajstić information content (AvgIpc) is 3.44. The van der Waals surface area contributed by atoms with E-state index in [2.05, 4.69) is 31.0 Å². The molecule has 4 heterocycles. The molecule has 0 saturated heterocycles. The van der Waals surface area contributed by atoms with E-state index in [9.17, 15) is 9.59 Å². The van der Waals surface area contributed by atoms with Crippen molar-refractivity contribution in [3.05, 3.63) is 58.5 Å². The maximum atomic E-state index is 13.0. The zero-order chi connectivity index (χ0) is 23.8. The van der Waals surface area contributed by atoms with Gasteiger partial charge in [-0.15, -0.1) is 0 Å². The van der Waals surface area contributed by atoms with E-state index >= 15 is 0 Å². The van der Waals surface area contributed by atoms with Gasteiger partial charge in [-0.2, -0.15) is 14.6 Å². The van der Waals surface area contributed by atoms with Gasteiger partial charge in [-0.05, 0) is 31.9 Å². The van der Waals surface area contributed by atoms with Crippen molar-refractivity contribution in [2.24, 2.45) is 0 Å². The average molecular weight is 464 g/mol. The van der Waals surface area contributed by atoms with Crippen molar-refractivity contribution in [2.75, 3.05) is 24.8 Å². The predicted molar refractivity (Wildman–Crippen MR) is 124 cm³/mol. The minimum absolute atomic E-state index is 0.0107. The number of methoxy groups -OCH3 is 1. The topological polar surface area (TPSA) is 141 Å². The molecule has 2 atom stereocenters. The van der Waals surface area contributed by atoms with Gasteiger partial charge in [-0.1, -0.05) is 0 Å². The number of anilines is 3. The molecule has 176 valence electrons. The second-order valence-corrected chi connectivity index (χ2v) is 8.00. The molecule has 0 radical (unpaired) electrons. The fourth-order valence-electron chi connectivity index (χ4n) is 3.86. The molecule has 5 rings (SSSR count). The molecule has 1 aliphatic rings. The summed E-state index contributed by atoms with van der Waals surface area (Å²) in [6.07, 6.45) is 6.30. The summed E-state index contributed by atoms with van der Waals surface area (Å²) in [5, 5.41) is 13.4. The Labute approximate surface area is 194 Å². The molecule has 34 heavy (non-hydrogen) atoms. The molecule has 12 heteroatoms. The number of fused-ring (bicyclic) bond motifs is 1. The van der Waals surface area contributed by atoms with Gasteiger partial charge in [0.1, 0.15) is 29.1 Å². The number of hydrogen-bond acceptors (Lipinski definition) is 9. The van der Waals surface area contributed by atoms with Crippen molar-refractivity contribution >= 4 is 28.9 Å². The molecule has 0 bridgehead atoms. The highest BCUT2D eigenvalue weighted by Crippen LogP contribution is 2.24. The van der Waals surface area contributed by atoms with Crippen LogP contribution in [-0.2, 0) is 4.74 Å². The Morgan fingerprint density at radius 1 is 1.29 bits per heavy atom. The zero-order valence-corrected chi connectivity index (χ0v) is 18.9. The van der Waals surface area contributed by atoms with E-state index < -0.39 is 0 Å². The van der Waals surface area contributed by atoms with Crippen LogP contribution in [0.4, 0.5) is 17.3 Å². The van der Waals surface area contributed by atoms with Crippen LogP contribution in [0.2, 0.25) is 0 Å². The van der Waals surface area contributed by atoms with E-state index in [1.165, 1.54) is 21.5 Å². The summed E-state index contributed by atoms with van der Waals surface area (Å²) in [5.74, 6) is 0.669. The lowest BCUT2D eigenvalue weighted by atomic mass is 9.89. The number of carbonyl (C=O) groups excluding carboxylic acids is 1. The van der Waals surface area contributed by atoms with E-state index in [1.54, 1.807) is 45.5 Å². The third-order valence-corrected chi connectivity index (χ3v) is 5.83. The first-order valence-electron chi connectivity index (χ1n) is 10.8. The van der Waals surface area contributed by atoms with Crippen LogP contribution in [0.1, 0.15) is 28.9 Å². The molecular weight excluding hydrogens is 440 g/mol. The second kappa shape index (κ2) is 8.63. The number of ether oxygens (including phenoxy) is 1. The lowest BCUT2D eigenvalue weighted by Gasteiger charge is -2.35. The molecule has 4 aromatic heterocycles. The van der Waals surface area contributed by atoms with E-state index in [0.29, 0.717) is 28.5 Å². The maximum Gasteiger partial charge on any atom is 0.308 e. The number of aryl methyl sites for hydroxylation is 1. The quantitative estimate of drug-likeness (QED) is 0.374. The number of nitrogens with one attached hydrogen (secondary N) is 3. The smallest absolute Gasteiger partial charge is 0.308 e. The van der Waals surface area contributed by atoms with Crippen molar-refractivity contribution in [2.45, 2.75) is 31.9 Å². The summed E-state index contributed by atoms with van der Waals surface area (Å²) < 4.78 is 13.6. The van der Waals surface area contributed by atoms with Gasteiger partial charge in [-0.25, -0.2) is 9.55 Å². The number of hydrogen-bond donors (Lipinski definition) is 3. The Morgan fingerprint density at radius 2 is 2.15 bits per heavy atom. The number of oxazole rings is 1. The van der Waals surface area contributed by atoms with E-state index in [4.69, 9.17) is 9.15 Å². The first kappa shape index (κ1) is 21.6. The Kier molecular flexibility index (Phi) is 5.49. The maximum absolute atomic E-state index is 13.0. The number of nitrogens with zero attached hydrogens (tertiary/aromatic N) is 5. The van der Waals surface area contributed by atoms with Crippen LogP contribution >= 0.6 is 0 Å². The van der Waals surface area contributed by atoms with Crippen molar-refractivity contribution in [3.63, 3.8) is 0 Å². The Morgan fingerprint density at radius 3 is 2.82 bits per heavy atom. The Bertz CT molecular complexity index is 1420. The highest BCUT2D eigenvalue weighted by Gasteiger charge is 2.33. The highest BCUT2D eigenvalue weighted by atomic mass is 16.5. The fraction of sp³-hybridized carbons (Fsp3) is 0.318. The second-order valence-electron chi connectivity index (χ2n) is 8.00. The Hall–Kier alpha value is -4.19. The summed E-state index contributed by atoms with van der Waals surface area (Å²) in [5.41, 5.74) is 1.23. The first-order valence-corrected chi connectivity index (χ1v) is 10.8. The number of rotatable bonds is 7. The lowest BCUT2D eigenvalue weighted by molar-refractivity contribution is 0.00732. The van der Waals surface area contributed by atoms with Crippen LogP contribution in [0.5, 0.6) is 0 Å². The van der Waals surface area contributed by atoms with Gasteiger partial charge in [0.2, 0.25) is 0 Å². The van der Waals surface area contributed by atoms with Gasteiger partial charge in [0.25, 0.3) is 11.5 Å². The van der Waals surface area contributed by atoms with E-state index in [-0.39, 0.29) is 35.3 Å². The summed E-state index contributed by atoms with van der Waals surface area (Å²) in [6, 6.07) is 5.15. The van der Waals surface area contributed by atoms with Gasteiger partial charge >= 0.3 is 6.01 Å². The molecule has 0 aromatic carbocycles. The summed E-state index contributed by atoms with van der Waals surface area (Å²) in [6.45, 7) is 1.78. The van der Waals surface area contributed by atoms with Crippen molar-refractivity contribution in [1.82, 2.24) is 29.5 Å². The van der Waals surface area contributed by atoms with Crippen molar-refractivity contribution in [3.8, 4) is 6.01 Å². The van der Waals surface area contributed by atoms with Crippen LogP contribution in [0.25, 0.3) is 11.7 Å². The monoisotopic (exact) mass is 464 g/mol. The highest BCUT2D eigenvalue weighted by molar-refractivity contribution is 6.00. The summed E-state index contributed by atoms with van der Waals surface area (Å²) >= 11 is 0. The minimum atomic E-state index is -0.362. The van der Waals surface area contributed by atoms with Gasteiger partial charge in [-0.3, -0.25) is 9.59 Å². The van der Waals surface area contributed by atoms with Gasteiger partial charge in [0.15, 0.2) is 5.65 Å². The van der Waals surface area contributed by atoms with Gasteiger partial charge in [0, 0.05) is 26.4 Å². The molecule has 1 amide bonds. The minimum Gasteiger partial charge on any atom is -0.431 e. The number of pyridine rings is 1. The largest absolute Gasteiger partial charge is 0.431 e. The van der Waals surface area contributed by atoms with E-state index in [1.807, 2.05) is 0 Å². The SMILES string of the molecule is CNc1cc(Nc2cccn(-c3nc(C)co3)c2=O)nc2c(C(=O)N[C@H]3CC[C@@H]3OC)cnn12. The van der Waals surface area contributed by atoms with Crippen LogP contribution in [0.3, 0.4) is 0 Å². The van der Waals surface area contributed by atoms with Crippen molar-refractivity contribution in [1.29, 1.82) is 0 Å². The normalized spacial score (nSPS) is 17.4.